The molecule has 8 nitrogen and oxygen atoms in total. The number of nitrogens with one attached hydrogen (secondary N) is 1. The van der Waals surface area contributed by atoms with E-state index in [0.717, 1.165) is 17.7 Å². The number of nitrogens with zero attached hydrogens (tertiary/aromatic N) is 5. The minimum Gasteiger partial charge on any atom is -0.394 e. The molecule has 194 valence electrons. The van der Waals surface area contributed by atoms with Crippen LogP contribution in [0.5, 0.6) is 0 Å². The van der Waals surface area contributed by atoms with Crippen LogP contribution in [0.4, 0.5) is 23.4 Å². The smallest absolute Gasteiger partial charge is 0.394 e. The van der Waals surface area contributed by atoms with E-state index in [1.54, 1.807) is 29.1 Å². The van der Waals surface area contributed by atoms with Crippen LogP contribution in [0.25, 0.3) is 11.2 Å². The van der Waals surface area contributed by atoms with Gasteiger partial charge in [0.05, 0.1) is 24.6 Å². The number of ether oxygens (including phenoxy) is 1. The molecule has 2 N–H and O–H groups in total. The molecule has 0 amide bonds. The van der Waals surface area contributed by atoms with Crippen LogP contribution in [0.3, 0.4) is 0 Å². The van der Waals surface area contributed by atoms with Crippen molar-refractivity contribution in [3.05, 3.63) is 83.7 Å². The molecule has 2 aromatic heterocycles. The maximum absolute atomic E-state index is 13.2. The number of anilines is 1. The summed E-state index contributed by atoms with van der Waals surface area (Å²) in [6.07, 6.45) is -2.59. The number of rotatable bonds is 7. The summed E-state index contributed by atoms with van der Waals surface area (Å²) in [5, 5.41) is 13.0. The first kappa shape index (κ1) is 25.1. The summed E-state index contributed by atoms with van der Waals surface area (Å²) < 4.78 is 60.4. The fraction of sp³-hybridized carbons (Fsp3) is 0.320. The van der Waals surface area contributed by atoms with Crippen molar-refractivity contribution in [2.45, 2.75) is 31.6 Å². The number of alkyl halides is 3. The third-order valence-electron chi connectivity index (χ3n) is 6.13. The van der Waals surface area contributed by atoms with E-state index in [0.29, 0.717) is 42.2 Å². The number of hydrogen-bond acceptors (Lipinski definition) is 7. The quantitative estimate of drug-likeness (QED) is 0.359. The largest absolute Gasteiger partial charge is 0.416 e. The van der Waals surface area contributed by atoms with E-state index in [-0.39, 0.29) is 19.0 Å². The molecule has 37 heavy (non-hydrogen) atoms. The zero-order valence-electron chi connectivity index (χ0n) is 19.6. The molecule has 2 aromatic carbocycles. The molecule has 5 rings (SSSR count). The van der Waals surface area contributed by atoms with Crippen molar-refractivity contribution in [2.75, 3.05) is 25.0 Å². The van der Waals surface area contributed by atoms with Crippen LogP contribution in [0.1, 0.15) is 22.9 Å². The average Bonchev–Trinajstić information content (AvgIpc) is 3.33. The van der Waals surface area contributed by atoms with Crippen molar-refractivity contribution in [1.82, 2.24) is 24.4 Å². The lowest BCUT2D eigenvalue weighted by Crippen LogP contribution is -2.46. The molecule has 1 saturated heterocycles. The van der Waals surface area contributed by atoms with Gasteiger partial charge in [-0.15, -0.1) is 0 Å². The molecule has 4 aromatic rings. The maximum atomic E-state index is 13.2. The van der Waals surface area contributed by atoms with Gasteiger partial charge in [0.25, 0.3) is 0 Å². The summed E-state index contributed by atoms with van der Waals surface area (Å²) in [6.45, 7) is 1.11. The molecule has 1 aliphatic heterocycles. The molecule has 1 fully saturated rings. The Morgan fingerprint density at radius 3 is 2.59 bits per heavy atom. The van der Waals surface area contributed by atoms with Crippen LogP contribution in [-0.2, 0) is 24.0 Å². The van der Waals surface area contributed by atoms with E-state index in [2.05, 4.69) is 20.3 Å². The summed E-state index contributed by atoms with van der Waals surface area (Å²) in [5.41, 5.74) is 1.67. The number of fused-ring (bicyclic) bond motifs is 1. The Labute approximate surface area is 209 Å². The molecule has 1 aliphatic rings. The van der Waals surface area contributed by atoms with Gasteiger partial charge < -0.3 is 15.2 Å². The third kappa shape index (κ3) is 5.71. The van der Waals surface area contributed by atoms with Crippen molar-refractivity contribution in [3.63, 3.8) is 0 Å². The Kier molecular flexibility index (Phi) is 7.04. The molecular formula is C25H24F4N6O2. The third-order valence-corrected chi connectivity index (χ3v) is 6.13. The van der Waals surface area contributed by atoms with Crippen LogP contribution in [-0.4, -0.2) is 55.3 Å². The molecule has 3 heterocycles. The van der Waals surface area contributed by atoms with Gasteiger partial charge in [-0.3, -0.25) is 9.47 Å². The molecule has 0 bridgehead atoms. The lowest BCUT2D eigenvalue weighted by Gasteiger charge is -2.38. The van der Waals surface area contributed by atoms with Gasteiger partial charge in [-0.1, -0.05) is 30.3 Å². The highest BCUT2D eigenvalue weighted by molar-refractivity contribution is 5.82. The zero-order valence-corrected chi connectivity index (χ0v) is 19.6. The van der Waals surface area contributed by atoms with Crippen molar-refractivity contribution in [1.29, 1.82) is 0 Å². The maximum Gasteiger partial charge on any atom is 0.416 e. The fourth-order valence-electron chi connectivity index (χ4n) is 4.36. The van der Waals surface area contributed by atoms with Crippen molar-refractivity contribution in [3.8, 4) is 0 Å². The van der Waals surface area contributed by atoms with Gasteiger partial charge in [0, 0.05) is 26.2 Å². The van der Waals surface area contributed by atoms with Crippen LogP contribution in [0, 0.1) is 5.82 Å². The monoisotopic (exact) mass is 516 g/mol. The van der Waals surface area contributed by atoms with Gasteiger partial charge in [-0.25, -0.2) is 19.3 Å². The van der Waals surface area contributed by atoms with Crippen LogP contribution in [0.2, 0.25) is 0 Å². The molecule has 0 unspecified atom stereocenters. The van der Waals surface area contributed by atoms with Crippen molar-refractivity contribution >= 4 is 17.0 Å². The summed E-state index contributed by atoms with van der Waals surface area (Å²) in [7, 11) is 0. The first-order valence-electron chi connectivity index (χ1n) is 11.6. The zero-order chi connectivity index (χ0) is 26.0. The molecule has 0 aliphatic carbocycles. The van der Waals surface area contributed by atoms with Gasteiger partial charge in [-0.05, 0) is 29.3 Å². The van der Waals surface area contributed by atoms with E-state index in [1.807, 2.05) is 4.90 Å². The Balaban J connectivity index is 1.35. The normalized spacial score (nSPS) is 18.8. The van der Waals surface area contributed by atoms with Gasteiger partial charge in [0.1, 0.15) is 18.4 Å². The van der Waals surface area contributed by atoms with E-state index < -0.39 is 24.1 Å². The lowest BCUT2D eigenvalue weighted by molar-refractivity contribution is -0.138. The Morgan fingerprint density at radius 1 is 1.03 bits per heavy atom. The van der Waals surface area contributed by atoms with E-state index in [1.165, 1.54) is 24.5 Å². The number of aromatic nitrogens is 4. The minimum absolute atomic E-state index is 0.248. The summed E-state index contributed by atoms with van der Waals surface area (Å²) in [6, 6.07) is 11.3. The molecule has 2 atom stereocenters. The summed E-state index contributed by atoms with van der Waals surface area (Å²) in [4.78, 5) is 15.0. The van der Waals surface area contributed by atoms with Crippen LogP contribution in [0.15, 0.2) is 61.2 Å². The van der Waals surface area contributed by atoms with Crippen LogP contribution < -0.4 is 5.32 Å². The highest BCUT2D eigenvalue weighted by Crippen LogP contribution is 2.31. The number of halogens is 4. The molecule has 0 spiro atoms. The van der Waals surface area contributed by atoms with E-state index in [9.17, 15) is 22.7 Å². The van der Waals surface area contributed by atoms with Crippen molar-refractivity contribution in [2.24, 2.45) is 0 Å². The average molecular weight is 516 g/mol. The second-order valence-corrected chi connectivity index (χ2v) is 8.81. The number of hydrogen-bond donors (Lipinski definition) is 2. The second-order valence-electron chi connectivity index (χ2n) is 8.81. The predicted molar refractivity (Wildman–Crippen MR) is 127 cm³/mol. The topological polar surface area (TPSA) is 88.3 Å². The lowest BCUT2D eigenvalue weighted by atomic mass is 10.1. The van der Waals surface area contributed by atoms with Gasteiger partial charge >= 0.3 is 6.18 Å². The molecule has 0 radical (unpaired) electrons. The SMILES string of the molecule is OC[C@@H]1CN(Cc2cccc(C(F)(F)F)c2)C[C@H](n2cnc3c(NCc4ccc(F)cc4)ncnc32)O1. The minimum atomic E-state index is -4.42. The number of benzene rings is 2. The van der Waals surface area contributed by atoms with Gasteiger partial charge in [0.15, 0.2) is 17.0 Å². The highest BCUT2D eigenvalue weighted by Gasteiger charge is 2.32. The van der Waals surface area contributed by atoms with Crippen LogP contribution >= 0.6 is 0 Å². The Hall–Kier alpha value is -3.61. The molecular weight excluding hydrogens is 492 g/mol. The number of aliphatic hydroxyl groups is 1. The summed E-state index contributed by atoms with van der Waals surface area (Å²) in [5.74, 6) is 0.172. The highest BCUT2D eigenvalue weighted by atomic mass is 19.4. The Bertz CT molecular complexity index is 1360. The van der Waals surface area contributed by atoms with Crippen molar-refractivity contribution < 1.29 is 27.4 Å². The number of imidazole rings is 1. The Morgan fingerprint density at radius 2 is 1.84 bits per heavy atom. The standard InChI is InChI=1S/C25H24F4N6O2/c26-19-6-4-16(5-7-19)9-30-23-22-24(32-14-31-23)35(15-33-22)21-12-34(11-20(13-36)37-21)10-17-2-1-3-18(8-17)25(27,28)29/h1-8,14-15,20-21,36H,9-13H2,(H,30,31,32)/t20-,21+/m0/s1. The summed E-state index contributed by atoms with van der Waals surface area (Å²) >= 11 is 0. The molecule has 0 saturated carbocycles. The number of morpholine rings is 1. The predicted octanol–water partition coefficient (Wildman–Crippen LogP) is 3.99. The second kappa shape index (κ2) is 10.4. The molecule has 12 heteroatoms. The van der Waals surface area contributed by atoms with E-state index in [4.69, 9.17) is 4.74 Å². The van der Waals surface area contributed by atoms with Gasteiger partial charge in [0.2, 0.25) is 0 Å². The van der Waals surface area contributed by atoms with Gasteiger partial charge in [-0.2, -0.15) is 13.2 Å². The van der Waals surface area contributed by atoms with E-state index >= 15 is 0 Å². The first-order valence-corrected chi connectivity index (χ1v) is 11.6. The number of aliphatic hydroxyl groups excluding tert-OH is 1. The fourth-order valence-corrected chi connectivity index (χ4v) is 4.36. The first-order chi connectivity index (χ1) is 17.8.